The number of phenols is 1. The van der Waals surface area contributed by atoms with E-state index in [-0.39, 0.29) is 11.7 Å². The molecule has 1 aromatic rings. The van der Waals surface area contributed by atoms with Gasteiger partial charge >= 0.3 is 5.97 Å². The highest BCUT2D eigenvalue weighted by atomic mass is 16.5. The van der Waals surface area contributed by atoms with Crippen LogP contribution in [0.25, 0.3) is 0 Å². The van der Waals surface area contributed by atoms with E-state index in [4.69, 9.17) is 21.3 Å². The number of hydrogen-bond acceptors (Lipinski definition) is 5. The van der Waals surface area contributed by atoms with Gasteiger partial charge < -0.3 is 26.4 Å². The van der Waals surface area contributed by atoms with E-state index in [9.17, 15) is 9.90 Å². The lowest BCUT2D eigenvalue weighted by Gasteiger charge is -2.07. The van der Waals surface area contributed by atoms with Crippen LogP contribution in [0.5, 0.6) is 11.5 Å². The molecule has 0 aliphatic heterocycles. The Hall–Kier alpha value is -2.77. The number of carbonyl (C=O) groups is 1. The molecule has 0 aromatic heterocycles. The fourth-order valence-electron chi connectivity index (χ4n) is 1.71. The van der Waals surface area contributed by atoms with Crippen LogP contribution in [0.4, 0.5) is 0 Å². The molecule has 0 aliphatic rings. The number of rotatable bonds is 8. The topological polar surface area (TPSA) is 144 Å². The number of nitrogens with two attached hydrogens (primary N) is 2. The Morgan fingerprint density at radius 2 is 2.18 bits per heavy atom. The number of nitrogens with zero attached hydrogens (tertiary/aromatic N) is 2. The summed E-state index contributed by atoms with van der Waals surface area (Å²) >= 11 is 0. The second-order valence-corrected chi connectivity index (χ2v) is 4.51. The van der Waals surface area contributed by atoms with Crippen molar-refractivity contribution in [3.05, 3.63) is 23.8 Å². The van der Waals surface area contributed by atoms with E-state index >= 15 is 0 Å². The van der Waals surface area contributed by atoms with Crippen LogP contribution in [-0.2, 0) is 4.79 Å². The van der Waals surface area contributed by atoms with Gasteiger partial charge in [0.25, 0.3) is 0 Å². The zero-order valence-electron chi connectivity index (χ0n) is 12.3. The molecule has 6 N–H and O–H groups in total. The third kappa shape index (κ3) is 5.70. The first-order chi connectivity index (χ1) is 10.4. The average molecular weight is 308 g/mol. The Morgan fingerprint density at radius 3 is 2.77 bits per heavy atom. The first-order valence-electron chi connectivity index (χ1n) is 6.62. The molecule has 0 radical (unpaired) electrons. The zero-order valence-corrected chi connectivity index (χ0v) is 12.3. The minimum Gasteiger partial charge on any atom is -0.504 e. The lowest BCUT2D eigenvalue weighted by molar-refractivity contribution is -0.138. The maximum absolute atomic E-state index is 11.2. The van der Waals surface area contributed by atoms with Crippen molar-refractivity contribution in [1.82, 2.24) is 0 Å². The molecule has 1 rings (SSSR count). The number of carboxylic acid groups (broad SMARTS) is 1. The van der Waals surface area contributed by atoms with E-state index in [2.05, 4.69) is 9.98 Å². The van der Waals surface area contributed by atoms with Crippen molar-refractivity contribution in [2.75, 3.05) is 13.7 Å². The molecule has 0 unspecified atom stereocenters. The van der Waals surface area contributed by atoms with Crippen molar-refractivity contribution in [2.24, 2.45) is 21.5 Å². The molecule has 0 aliphatic carbocycles. The van der Waals surface area contributed by atoms with Crippen LogP contribution in [0.2, 0.25) is 0 Å². The highest BCUT2D eigenvalue weighted by molar-refractivity contribution is 5.84. The predicted octanol–water partition coefficient (Wildman–Crippen LogP) is 0.327. The molecule has 0 heterocycles. The minimum atomic E-state index is -1.02. The summed E-state index contributed by atoms with van der Waals surface area (Å²) in [7, 11) is 1.43. The van der Waals surface area contributed by atoms with Gasteiger partial charge in [-0.05, 0) is 36.6 Å². The van der Waals surface area contributed by atoms with Gasteiger partial charge in [-0.1, -0.05) is 0 Å². The third-order valence-corrected chi connectivity index (χ3v) is 2.82. The molecule has 8 heteroatoms. The highest BCUT2D eigenvalue weighted by Crippen LogP contribution is 2.25. The summed E-state index contributed by atoms with van der Waals surface area (Å²) in [6.45, 7) is 0.356. The Morgan fingerprint density at radius 1 is 1.45 bits per heavy atom. The quantitative estimate of drug-likeness (QED) is 0.309. The maximum Gasteiger partial charge on any atom is 0.328 e. The monoisotopic (exact) mass is 308 g/mol. The fraction of sp³-hybridized carbons (Fsp3) is 0.357. The normalized spacial score (nSPS) is 12.0. The van der Waals surface area contributed by atoms with Crippen molar-refractivity contribution in [1.29, 1.82) is 0 Å². The van der Waals surface area contributed by atoms with Gasteiger partial charge in [-0.3, -0.25) is 9.98 Å². The summed E-state index contributed by atoms with van der Waals surface area (Å²) in [5, 5.41) is 18.6. The van der Waals surface area contributed by atoms with Gasteiger partial charge in [0.05, 0.1) is 7.11 Å². The molecular weight excluding hydrogens is 288 g/mol. The lowest BCUT2D eigenvalue weighted by Crippen LogP contribution is -2.23. The number of aromatic hydroxyl groups is 1. The average Bonchev–Trinajstić information content (AvgIpc) is 2.47. The summed E-state index contributed by atoms with van der Waals surface area (Å²) < 4.78 is 4.98. The molecule has 0 fully saturated rings. The van der Waals surface area contributed by atoms with Crippen molar-refractivity contribution < 1.29 is 19.7 Å². The smallest absolute Gasteiger partial charge is 0.328 e. The van der Waals surface area contributed by atoms with Gasteiger partial charge in [-0.25, -0.2) is 4.79 Å². The first-order valence-corrected chi connectivity index (χ1v) is 6.62. The summed E-state index contributed by atoms with van der Waals surface area (Å²) in [5.74, 6) is -0.742. The second kappa shape index (κ2) is 8.50. The van der Waals surface area contributed by atoms with Gasteiger partial charge in [-0.2, -0.15) is 0 Å². The fourth-order valence-corrected chi connectivity index (χ4v) is 1.71. The molecule has 0 amide bonds. The number of phenolic OH excluding ortho intramolecular Hbond substituents is 1. The Kier molecular flexibility index (Phi) is 6.68. The Bertz CT molecular complexity index is 568. The third-order valence-electron chi connectivity index (χ3n) is 2.82. The zero-order chi connectivity index (χ0) is 16.5. The van der Waals surface area contributed by atoms with Gasteiger partial charge in [0.2, 0.25) is 0 Å². The molecule has 0 bridgehead atoms. The van der Waals surface area contributed by atoms with Crippen LogP contribution < -0.4 is 16.2 Å². The molecule has 8 nitrogen and oxygen atoms in total. The molecule has 0 saturated heterocycles. The van der Waals surface area contributed by atoms with E-state index in [1.54, 1.807) is 12.1 Å². The van der Waals surface area contributed by atoms with E-state index < -0.39 is 12.0 Å². The van der Waals surface area contributed by atoms with E-state index in [0.29, 0.717) is 30.7 Å². The van der Waals surface area contributed by atoms with Crippen LogP contribution in [0.1, 0.15) is 18.4 Å². The van der Waals surface area contributed by atoms with E-state index in [0.717, 1.165) is 0 Å². The number of guanidine groups is 1. The molecule has 1 aromatic carbocycles. The summed E-state index contributed by atoms with van der Waals surface area (Å²) in [6, 6.07) is 3.75. The largest absolute Gasteiger partial charge is 0.504 e. The van der Waals surface area contributed by atoms with Gasteiger partial charge in [-0.15, -0.1) is 0 Å². The van der Waals surface area contributed by atoms with Crippen LogP contribution >= 0.6 is 0 Å². The molecule has 1 atom stereocenters. The maximum atomic E-state index is 11.2. The number of hydrogen-bond donors (Lipinski definition) is 4. The van der Waals surface area contributed by atoms with Gasteiger partial charge in [0.1, 0.15) is 6.04 Å². The molecule has 22 heavy (non-hydrogen) atoms. The lowest BCUT2D eigenvalue weighted by atomic mass is 10.1. The van der Waals surface area contributed by atoms with Crippen molar-refractivity contribution in [2.45, 2.75) is 18.9 Å². The SMILES string of the molecule is COc1cc(C=N[C@@H](CCCN=C(N)N)C(=O)O)ccc1O. The number of methoxy groups -OCH3 is 1. The highest BCUT2D eigenvalue weighted by Gasteiger charge is 2.14. The number of ether oxygens (including phenoxy) is 1. The van der Waals surface area contributed by atoms with Gasteiger partial charge in [0.15, 0.2) is 17.5 Å². The summed E-state index contributed by atoms with van der Waals surface area (Å²) in [4.78, 5) is 19.0. The second-order valence-electron chi connectivity index (χ2n) is 4.51. The Balaban J connectivity index is 2.69. The van der Waals surface area contributed by atoms with E-state index in [1.165, 1.54) is 19.4 Å². The number of carboxylic acids is 1. The molecule has 0 saturated carbocycles. The summed E-state index contributed by atoms with van der Waals surface area (Å²) in [5.41, 5.74) is 11.0. The van der Waals surface area contributed by atoms with Gasteiger partial charge in [0, 0.05) is 12.8 Å². The molecule has 0 spiro atoms. The number of aliphatic imine (C=N–C) groups is 2. The van der Waals surface area contributed by atoms with Crippen LogP contribution in [0, 0.1) is 0 Å². The standard InChI is InChI=1S/C14H20N4O4/c1-22-12-7-9(4-5-11(12)19)8-18-10(13(20)21)3-2-6-17-14(15)16/h4-5,7-8,10,19H,2-3,6H2,1H3,(H,20,21)(H4,15,16,17)/t10-/m0/s1. The first kappa shape index (κ1) is 17.3. The van der Waals surface area contributed by atoms with Crippen molar-refractivity contribution >= 4 is 18.1 Å². The van der Waals surface area contributed by atoms with Crippen LogP contribution in [-0.4, -0.2) is 48.1 Å². The van der Waals surface area contributed by atoms with Crippen LogP contribution in [0.3, 0.4) is 0 Å². The summed E-state index contributed by atoms with van der Waals surface area (Å²) in [6.07, 6.45) is 2.25. The van der Waals surface area contributed by atoms with Crippen molar-refractivity contribution in [3.63, 3.8) is 0 Å². The number of benzene rings is 1. The predicted molar refractivity (Wildman–Crippen MR) is 83.6 cm³/mol. The van der Waals surface area contributed by atoms with E-state index in [1.807, 2.05) is 0 Å². The Labute approximate surface area is 128 Å². The van der Waals surface area contributed by atoms with Crippen molar-refractivity contribution in [3.8, 4) is 11.5 Å². The minimum absolute atomic E-state index is 0.00618. The number of aliphatic carboxylic acids is 1. The molecule has 120 valence electrons. The van der Waals surface area contributed by atoms with Crippen LogP contribution in [0.15, 0.2) is 28.2 Å². The molecular formula is C14H20N4O4.